The molecule has 0 unspecified atom stereocenters. The zero-order valence-electron chi connectivity index (χ0n) is 7.14. The van der Waals surface area contributed by atoms with Gasteiger partial charge in [-0.3, -0.25) is 4.99 Å². The highest BCUT2D eigenvalue weighted by atomic mass is 32.2. The number of thioether (sulfide) groups is 1. The van der Waals surface area contributed by atoms with E-state index in [4.69, 9.17) is 0 Å². The van der Waals surface area contributed by atoms with Gasteiger partial charge in [-0.25, -0.2) is 0 Å². The molecule has 58 valence electrons. The highest BCUT2D eigenvalue weighted by Crippen LogP contribution is 2.18. The van der Waals surface area contributed by atoms with Crippen LogP contribution in [0.4, 0.5) is 0 Å². The van der Waals surface area contributed by atoms with E-state index in [9.17, 15) is 0 Å². The molecule has 0 fully saturated rings. The van der Waals surface area contributed by atoms with E-state index in [0.717, 1.165) is 6.42 Å². The van der Waals surface area contributed by atoms with Crippen molar-refractivity contribution in [2.24, 2.45) is 4.99 Å². The molecule has 10 heavy (non-hydrogen) atoms. The van der Waals surface area contributed by atoms with E-state index >= 15 is 0 Å². The summed E-state index contributed by atoms with van der Waals surface area (Å²) in [7, 11) is 1.79. The zero-order chi connectivity index (χ0) is 7.98. The van der Waals surface area contributed by atoms with Gasteiger partial charge in [0.05, 0.1) is 5.55 Å². The Morgan fingerprint density at radius 3 is 2.50 bits per heavy atom. The molecule has 0 N–H and O–H groups in total. The van der Waals surface area contributed by atoms with Gasteiger partial charge in [0.2, 0.25) is 0 Å². The van der Waals surface area contributed by atoms with Gasteiger partial charge in [-0.2, -0.15) is 0 Å². The van der Waals surface area contributed by atoms with Gasteiger partial charge in [-0.05, 0) is 25.2 Å². The van der Waals surface area contributed by atoms with Crippen molar-refractivity contribution in [1.29, 1.82) is 0 Å². The second-order valence-corrected chi connectivity index (χ2v) is 3.23. The number of nitrogens with zero attached hydrogens (tertiary/aromatic N) is 1. The first-order chi connectivity index (χ1) is 4.72. The summed E-state index contributed by atoms with van der Waals surface area (Å²) in [5.41, 5.74) is 3.32. The van der Waals surface area contributed by atoms with Crippen molar-refractivity contribution >= 4 is 17.3 Å². The second-order valence-electron chi connectivity index (χ2n) is 2.17. The van der Waals surface area contributed by atoms with Gasteiger partial charge in [-0.1, -0.05) is 24.3 Å². The minimum absolute atomic E-state index is 1.14. The fraction of sp³-hybridized carbons (Fsp3) is 0.625. The van der Waals surface area contributed by atoms with Crippen molar-refractivity contribution in [3.63, 3.8) is 0 Å². The number of hydrogen-bond donors (Lipinski definition) is 0. The average molecular weight is 157 g/mol. The first kappa shape index (κ1) is 9.76. The van der Waals surface area contributed by atoms with E-state index in [1.807, 2.05) is 5.55 Å². The van der Waals surface area contributed by atoms with Crippen molar-refractivity contribution in [3.8, 4) is 0 Å². The Hall–Kier alpha value is -0.240. The molecular weight excluding hydrogens is 142 g/mol. The fourth-order valence-corrected chi connectivity index (χ4v) is 1.09. The molecule has 0 saturated carbocycles. The Labute approximate surface area is 67.6 Å². The van der Waals surface area contributed by atoms with E-state index in [1.54, 1.807) is 18.8 Å². The van der Waals surface area contributed by atoms with E-state index < -0.39 is 0 Å². The molecule has 0 aromatic carbocycles. The summed E-state index contributed by atoms with van der Waals surface area (Å²) < 4.78 is 0. The first-order valence-corrected chi connectivity index (χ1v) is 4.34. The third kappa shape index (κ3) is 3.72. The van der Waals surface area contributed by atoms with Crippen LogP contribution in [0.2, 0.25) is 0 Å². The summed E-state index contributed by atoms with van der Waals surface area (Å²) >= 11 is 1.70. The Bertz CT molecular complexity index is 147. The summed E-state index contributed by atoms with van der Waals surface area (Å²) in [6.07, 6.45) is 1.14. The lowest BCUT2D eigenvalue weighted by atomic mass is 10.2. The normalized spacial score (nSPS) is 14.0. The minimum Gasteiger partial charge on any atom is -0.289 e. The molecule has 0 aliphatic carbocycles. The van der Waals surface area contributed by atoms with Crippen LogP contribution in [-0.2, 0) is 0 Å². The van der Waals surface area contributed by atoms with Gasteiger partial charge in [0.15, 0.2) is 0 Å². The van der Waals surface area contributed by atoms with Gasteiger partial charge >= 0.3 is 0 Å². The molecule has 2 heteroatoms. The van der Waals surface area contributed by atoms with Crippen LogP contribution in [0.15, 0.2) is 15.5 Å². The van der Waals surface area contributed by atoms with E-state index in [2.05, 4.69) is 25.8 Å². The Morgan fingerprint density at radius 2 is 2.10 bits per heavy atom. The third-order valence-corrected chi connectivity index (χ3v) is 2.48. The zero-order valence-corrected chi connectivity index (χ0v) is 7.96. The fourth-order valence-electron chi connectivity index (χ4n) is 0.481. The van der Waals surface area contributed by atoms with Crippen LogP contribution in [0.3, 0.4) is 0 Å². The molecule has 0 spiro atoms. The molecule has 1 nitrogen and oxygen atoms in total. The van der Waals surface area contributed by atoms with E-state index in [1.165, 1.54) is 10.5 Å². The number of rotatable bonds is 3. The number of hydrogen-bond acceptors (Lipinski definition) is 2. The summed E-state index contributed by atoms with van der Waals surface area (Å²) in [5, 5.41) is 0. The Balaban J connectivity index is 3.91. The van der Waals surface area contributed by atoms with Crippen LogP contribution in [0.1, 0.15) is 27.2 Å². The molecule has 0 bridgehead atoms. The third-order valence-electron chi connectivity index (χ3n) is 1.47. The summed E-state index contributed by atoms with van der Waals surface area (Å²) in [6, 6.07) is 0. The largest absolute Gasteiger partial charge is 0.289 e. The molecule has 0 aromatic rings. The SMILES string of the molecule is CC/C(C)=C(/C)S/C=N\C. The Kier molecular flexibility index (Phi) is 5.40. The molecule has 0 atom stereocenters. The van der Waals surface area contributed by atoms with Crippen LogP contribution >= 0.6 is 11.8 Å². The molecule has 0 radical (unpaired) electrons. The topological polar surface area (TPSA) is 12.4 Å². The van der Waals surface area contributed by atoms with Crippen molar-refractivity contribution in [3.05, 3.63) is 10.5 Å². The van der Waals surface area contributed by atoms with Crippen LogP contribution in [0.5, 0.6) is 0 Å². The standard InChI is InChI=1S/C8H15NS/c1-5-7(2)8(3)10-6-9-4/h6H,5H2,1-4H3/b8-7-,9-6-. The van der Waals surface area contributed by atoms with Crippen molar-refractivity contribution in [2.45, 2.75) is 27.2 Å². The highest BCUT2D eigenvalue weighted by molar-refractivity contribution is 8.15. The summed E-state index contributed by atoms with van der Waals surface area (Å²) in [5.74, 6) is 0. The monoisotopic (exact) mass is 157 g/mol. The highest BCUT2D eigenvalue weighted by Gasteiger charge is 1.91. The maximum absolute atomic E-state index is 3.90. The van der Waals surface area contributed by atoms with Crippen LogP contribution in [-0.4, -0.2) is 12.6 Å². The van der Waals surface area contributed by atoms with E-state index in [0.29, 0.717) is 0 Å². The van der Waals surface area contributed by atoms with Crippen LogP contribution in [0.25, 0.3) is 0 Å². The van der Waals surface area contributed by atoms with Gasteiger partial charge < -0.3 is 0 Å². The second kappa shape index (κ2) is 5.54. The van der Waals surface area contributed by atoms with Gasteiger partial charge in [0.1, 0.15) is 0 Å². The van der Waals surface area contributed by atoms with E-state index in [-0.39, 0.29) is 0 Å². The predicted molar refractivity (Wildman–Crippen MR) is 50.7 cm³/mol. The molecule has 0 heterocycles. The summed E-state index contributed by atoms with van der Waals surface area (Å²) in [6.45, 7) is 6.46. The summed E-state index contributed by atoms with van der Waals surface area (Å²) in [4.78, 5) is 5.26. The lowest BCUT2D eigenvalue weighted by Crippen LogP contribution is -1.77. The Morgan fingerprint density at radius 1 is 1.50 bits per heavy atom. The number of allylic oxidation sites excluding steroid dienone is 2. The molecule has 0 aromatic heterocycles. The smallest absolute Gasteiger partial charge is 0.0582 e. The van der Waals surface area contributed by atoms with Crippen LogP contribution in [0, 0.1) is 0 Å². The molecule has 0 saturated heterocycles. The minimum atomic E-state index is 1.14. The van der Waals surface area contributed by atoms with Gasteiger partial charge in [-0.15, -0.1) is 0 Å². The lowest BCUT2D eigenvalue weighted by molar-refractivity contribution is 1.09. The van der Waals surface area contributed by atoms with Crippen molar-refractivity contribution in [1.82, 2.24) is 0 Å². The predicted octanol–water partition coefficient (Wildman–Crippen LogP) is 3.08. The maximum atomic E-state index is 3.90. The average Bonchev–Trinajstić information content (AvgIpc) is 1.98. The molecule has 0 rings (SSSR count). The maximum Gasteiger partial charge on any atom is 0.0582 e. The molecule has 0 amide bonds. The van der Waals surface area contributed by atoms with Crippen LogP contribution < -0.4 is 0 Å². The van der Waals surface area contributed by atoms with Gasteiger partial charge in [0, 0.05) is 7.05 Å². The van der Waals surface area contributed by atoms with Crippen molar-refractivity contribution in [2.75, 3.05) is 7.05 Å². The lowest BCUT2D eigenvalue weighted by Gasteiger charge is -1.99. The first-order valence-electron chi connectivity index (χ1n) is 3.46. The molecule has 0 aliphatic heterocycles. The number of aliphatic imine (C=N–C) groups is 1. The van der Waals surface area contributed by atoms with Crippen molar-refractivity contribution < 1.29 is 0 Å². The van der Waals surface area contributed by atoms with Gasteiger partial charge in [0.25, 0.3) is 0 Å². The molecule has 0 aliphatic rings. The molecular formula is C8H15NS. The quantitative estimate of drug-likeness (QED) is 0.453.